The summed E-state index contributed by atoms with van der Waals surface area (Å²) in [7, 11) is 0. The van der Waals surface area contributed by atoms with E-state index in [1.807, 2.05) is 11.0 Å². The third kappa shape index (κ3) is 3.11. The van der Waals surface area contributed by atoms with Crippen LogP contribution in [-0.2, 0) is 4.79 Å². The second-order valence-corrected chi connectivity index (χ2v) is 6.26. The summed E-state index contributed by atoms with van der Waals surface area (Å²) in [6.45, 7) is 3.21. The molecule has 0 saturated carbocycles. The number of carbonyl (C=O) groups is 1. The van der Waals surface area contributed by atoms with E-state index >= 15 is 0 Å². The monoisotopic (exact) mass is 287 g/mol. The quantitative estimate of drug-likeness (QED) is 0.882. The van der Waals surface area contributed by atoms with Crippen molar-refractivity contribution in [2.24, 2.45) is 11.7 Å². The van der Waals surface area contributed by atoms with Gasteiger partial charge in [-0.15, -0.1) is 0 Å². The van der Waals surface area contributed by atoms with Gasteiger partial charge in [-0.05, 0) is 37.4 Å². The first-order valence-electron chi connectivity index (χ1n) is 8.07. The highest BCUT2D eigenvalue weighted by Crippen LogP contribution is 2.32. The molecule has 1 amide bonds. The van der Waals surface area contributed by atoms with E-state index in [1.165, 1.54) is 12.0 Å². The van der Waals surface area contributed by atoms with Crippen molar-refractivity contribution in [3.63, 3.8) is 0 Å². The van der Waals surface area contributed by atoms with Crippen LogP contribution >= 0.6 is 0 Å². The second-order valence-electron chi connectivity index (χ2n) is 6.26. The molecule has 0 spiro atoms. The topological polar surface area (TPSA) is 58.4 Å². The highest BCUT2D eigenvalue weighted by atomic mass is 16.2. The molecule has 4 nitrogen and oxygen atoms in total. The molecule has 3 rings (SSSR count). The van der Waals surface area contributed by atoms with Crippen LogP contribution in [0.3, 0.4) is 0 Å². The number of nitrogens with zero attached hydrogens (tertiary/aromatic N) is 1. The maximum Gasteiger partial charge on any atom is 0.239 e. The van der Waals surface area contributed by atoms with Gasteiger partial charge in [0.1, 0.15) is 0 Å². The van der Waals surface area contributed by atoms with Gasteiger partial charge in [0.15, 0.2) is 0 Å². The zero-order valence-electron chi connectivity index (χ0n) is 12.5. The minimum atomic E-state index is 0.0201. The molecule has 2 aliphatic heterocycles. The summed E-state index contributed by atoms with van der Waals surface area (Å²) < 4.78 is 0. The minimum Gasteiger partial charge on any atom is -0.340 e. The predicted molar refractivity (Wildman–Crippen MR) is 83.9 cm³/mol. The number of likely N-dealkylation sites (tertiary alicyclic amines) is 1. The SMILES string of the molecule is NC[C@@H]1CN(C(=O)C2CCCCN2)C[C@H]1c1ccccc1. The number of amides is 1. The highest BCUT2D eigenvalue weighted by molar-refractivity contribution is 5.82. The summed E-state index contributed by atoms with van der Waals surface area (Å²) in [5, 5.41) is 3.36. The normalized spacial score (nSPS) is 29.6. The van der Waals surface area contributed by atoms with E-state index in [0.717, 1.165) is 32.5 Å². The maximum absolute atomic E-state index is 12.7. The van der Waals surface area contributed by atoms with Gasteiger partial charge in [-0.1, -0.05) is 36.8 Å². The Balaban J connectivity index is 1.70. The third-order valence-corrected chi connectivity index (χ3v) is 4.89. The lowest BCUT2D eigenvalue weighted by Gasteiger charge is -2.27. The van der Waals surface area contributed by atoms with Gasteiger partial charge in [-0.2, -0.15) is 0 Å². The first-order chi connectivity index (χ1) is 10.3. The molecule has 1 aromatic rings. The molecular formula is C17H25N3O. The van der Waals surface area contributed by atoms with Crippen LogP contribution in [-0.4, -0.2) is 43.0 Å². The first kappa shape index (κ1) is 14.5. The number of benzene rings is 1. The Bertz CT molecular complexity index is 470. The summed E-state index contributed by atoms with van der Waals surface area (Å²) in [5.41, 5.74) is 7.25. The van der Waals surface area contributed by atoms with Crippen LogP contribution in [0.5, 0.6) is 0 Å². The van der Waals surface area contributed by atoms with Crippen molar-refractivity contribution >= 4 is 5.91 Å². The fourth-order valence-electron chi connectivity index (χ4n) is 3.65. The lowest BCUT2D eigenvalue weighted by atomic mass is 9.89. The zero-order valence-corrected chi connectivity index (χ0v) is 12.5. The lowest BCUT2D eigenvalue weighted by Crippen LogP contribution is -2.48. The van der Waals surface area contributed by atoms with Crippen LogP contribution in [0.4, 0.5) is 0 Å². The predicted octanol–water partition coefficient (Wildman–Crippen LogP) is 1.33. The van der Waals surface area contributed by atoms with Gasteiger partial charge in [0.25, 0.3) is 0 Å². The summed E-state index contributed by atoms with van der Waals surface area (Å²) in [6.07, 6.45) is 3.31. The summed E-state index contributed by atoms with van der Waals surface area (Å²) >= 11 is 0. The number of rotatable bonds is 3. The summed E-state index contributed by atoms with van der Waals surface area (Å²) in [5.74, 6) is 1.02. The van der Waals surface area contributed by atoms with Gasteiger partial charge in [0.05, 0.1) is 6.04 Å². The Kier molecular flexibility index (Phi) is 4.56. The number of piperidine rings is 1. The third-order valence-electron chi connectivity index (χ3n) is 4.89. The van der Waals surface area contributed by atoms with Crippen LogP contribution in [0.25, 0.3) is 0 Å². The van der Waals surface area contributed by atoms with Crippen LogP contribution in [0.15, 0.2) is 30.3 Å². The molecule has 1 aromatic carbocycles. The second kappa shape index (κ2) is 6.58. The van der Waals surface area contributed by atoms with Crippen molar-refractivity contribution in [2.75, 3.05) is 26.2 Å². The molecule has 0 radical (unpaired) electrons. The van der Waals surface area contributed by atoms with Gasteiger partial charge in [0.2, 0.25) is 5.91 Å². The molecule has 2 saturated heterocycles. The van der Waals surface area contributed by atoms with E-state index in [4.69, 9.17) is 5.73 Å². The number of hydrogen-bond acceptors (Lipinski definition) is 3. The van der Waals surface area contributed by atoms with E-state index in [1.54, 1.807) is 0 Å². The van der Waals surface area contributed by atoms with Gasteiger partial charge in [-0.25, -0.2) is 0 Å². The van der Waals surface area contributed by atoms with E-state index in [-0.39, 0.29) is 11.9 Å². The maximum atomic E-state index is 12.7. The van der Waals surface area contributed by atoms with Gasteiger partial charge < -0.3 is 16.0 Å². The summed E-state index contributed by atoms with van der Waals surface area (Å²) in [6, 6.07) is 10.5. The van der Waals surface area contributed by atoms with E-state index < -0.39 is 0 Å². The molecule has 0 aromatic heterocycles. The fourth-order valence-corrected chi connectivity index (χ4v) is 3.65. The number of nitrogens with two attached hydrogens (primary N) is 1. The van der Waals surface area contributed by atoms with Crippen molar-refractivity contribution < 1.29 is 4.79 Å². The molecule has 0 bridgehead atoms. The summed E-state index contributed by atoms with van der Waals surface area (Å²) in [4.78, 5) is 14.7. The molecular weight excluding hydrogens is 262 g/mol. The molecule has 1 unspecified atom stereocenters. The van der Waals surface area contributed by atoms with Crippen molar-refractivity contribution in [3.8, 4) is 0 Å². The fraction of sp³-hybridized carbons (Fsp3) is 0.588. The van der Waals surface area contributed by atoms with Crippen LogP contribution in [0, 0.1) is 5.92 Å². The Morgan fingerprint density at radius 1 is 1.24 bits per heavy atom. The molecule has 3 N–H and O–H groups in total. The largest absolute Gasteiger partial charge is 0.340 e. The van der Waals surface area contributed by atoms with Gasteiger partial charge in [0, 0.05) is 19.0 Å². The number of hydrogen-bond donors (Lipinski definition) is 2. The Morgan fingerprint density at radius 2 is 2.05 bits per heavy atom. The molecule has 2 aliphatic rings. The van der Waals surface area contributed by atoms with Crippen molar-refractivity contribution in [3.05, 3.63) is 35.9 Å². The Morgan fingerprint density at radius 3 is 2.71 bits per heavy atom. The molecule has 21 heavy (non-hydrogen) atoms. The standard InChI is InChI=1S/C17H25N3O/c18-10-14-11-20(17(21)16-8-4-5-9-19-16)12-15(14)13-6-2-1-3-7-13/h1-3,6-7,14-16,19H,4-5,8-12,18H2/t14-,15+,16?/m1/s1. The molecule has 2 heterocycles. The number of nitrogens with one attached hydrogen (secondary N) is 1. The zero-order chi connectivity index (χ0) is 14.7. The molecule has 3 atom stereocenters. The van der Waals surface area contributed by atoms with Crippen LogP contribution in [0.2, 0.25) is 0 Å². The van der Waals surface area contributed by atoms with Gasteiger partial charge >= 0.3 is 0 Å². The lowest BCUT2D eigenvalue weighted by molar-refractivity contribution is -0.133. The number of carbonyl (C=O) groups excluding carboxylic acids is 1. The molecule has 114 valence electrons. The minimum absolute atomic E-state index is 0.0201. The molecule has 0 aliphatic carbocycles. The van der Waals surface area contributed by atoms with Crippen LogP contribution in [0.1, 0.15) is 30.7 Å². The Hall–Kier alpha value is -1.39. The molecule has 4 heteroatoms. The highest BCUT2D eigenvalue weighted by Gasteiger charge is 2.37. The van der Waals surface area contributed by atoms with Gasteiger partial charge in [-0.3, -0.25) is 4.79 Å². The van der Waals surface area contributed by atoms with Crippen molar-refractivity contribution in [1.82, 2.24) is 10.2 Å². The van der Waals surface area contributed by atoms with E-state index in [9.17, 15) is 4.79 Å². The van der Waals surface area contributed by atoms with E-state index in [2.05, 4.69) is 29.6 Å². The molecule has 2 fully saturated rings. The first-order valence-corrected chi connectivity index (χ1v) is 8.07. The smallest absolute Gasteiger partial charge is 0.239 e. The Labute approximate surface area is 126 Å². The van der Waals surface area contributed by atoms with E-state index in [0.29, 0.717) is 18.4 Å². The van der Waals surface area contributed by atoms with Crippen molar-refractivity contribution in [1.29, 1.82) is 0 Å². The average molecular weight is 287 g/mol. The van der Waals surface area contributed by atoms with Crippen molar-refractivity contribution in [2.45, 2.75) is 31.2 Å². The average Bonchev–Trinajstić information content (AvgIpc) is 3.00. The van der Waals surface area contributed by atoms with Crippen LogP contribution < -0.4 is 11.1 Å².